The lowest BCUT2D eigenvalue weighted by Crippen LogP contribution is -1.98. The van der Waals surface area contributed by atoms with Crippen molar-refractivity contribution in [1.29, 1.82) is 5.26 Å². The van der Waals surface area contributed by atoms with Crippen LogP contribution in [0.15, 0.2) is 77.3 Å². The summed E-state index contributed by atoms with van der Waals surface area (Å²) in [6.07, 6.45) is 3.89. The molecule has 5 nitrogen and oxygen atoms in total. The van der Waals surface area contributed by atoms with Crippen molar-refractivity contribution in [2.75, 3.05) is 14.2 Å². The minimum atomic E-state index is 0.517. The molecule has 0 spiro atoms. The molecule has 2 aromatic heterocycles. The molecule has 34 heavy (non-hydrogen) atoms. The molecule has 0 atom stereocenters. The van der Waals surface area contributed by atoms with Gasteiger partial charge in [-0.1, -0.05) is 52.3 Å². The predicted molar refractivity (Wildman–Crippen MR) is 139 cm³/mol. The lowest BCUT2D eigenvalue weighted by molar-refractivity contribution is 0.394. The molecule has 0 unspecified atom stereocenters. The van der Waals surface area contributed by atoms with Crippen LogP contribution in [0.1, 0.15) is 16.7 Å². The number of rotatable bonds is 5. The average Bonchev–Trinajstić information content (AvgIpc) is 3.26. The van der Waals surface area contributed by atoms with Gasteiger partial charge in [0.2, 0.25) is 0 Å². The standard InChI is InChI=1S/C28H20BrN3O2/c1-33-22-13-18(14-23(16-22)34-2)7-8-20-15-27(19-9-11-21(29)12-10-19)32-26-6-4-3-5-25(26)31-28(32)24(20)17-30/h3-16H,1-2H3/b8-7+. The Hall–Kier alpha value is -4.08. The number of imidazole rings is 1. The Labute approximate surface area is 205 Å². The number of nitriles is 1. The zero-order chi connectivity index (χ0) is 23.7. The first-order valence-corrected chi connectivity index (χ1v) is 11.4. The van der Waals surface area contributed by atoms with Crippen LogP contribution in [0.5, 0.6) is 11.5 Å². The largest absolute Gasteiger partial charge is 0.497 e. The molecular formula is C28H20BrN3O2. The summed E-state index contributed by atoms with van der Waals surface area (Å²) in [5, 5.41) is 10.1. The third kappa shape index (κ3) is 3.91. The van der Waals surface area contributed by atoms with Crippen molar-refractivity contribution < 1.29 is 9.47 Å². The zero-order valence-corrected chi connectivity index (χ0v) is 20.2. The normalized spacial score (nSPS) is 11.2. The Balaban J connectivity index is 1.76. The van der Waals surface area contributed by atoms with E-state index in [0.29, 0.717) is 22.7 Å². The number of ether oxygens (including phenoxy) is 2. The van der Waals surface area contributed by atoms with Gasteiger partial charge in [-0.25, -0.2) is 4.98 Å². The van der Waals surface area contributed by atoms with Crippen LogP contribution >= 0.6 is 15.9 Å². The topological polar surface area (TPSA) is 59.5 Å². The number of hydrogen-bond acceptors (Lipinski definition) is 4. The van der Waals surface area contributed by atoms with Crippen LogP contribution in [-0.2, 0) is 0 Å². The first-order valence-electron chi connectivity index (χ1n) is 10.6. The molecule has 6 heteroatoms. The second kappa shape index (κ2) is 9.05. The van der Waals surface area contributed by atoms with E-state index in [0.717, 1.165) is 37.9 Å². The average molecular weight is 510 g/mol. The highest BCUT2D eigenvalue weighted by Gasteiger charge is 2.17. The van der Waals surface area contributed by atoms with Gasteiger partial charge < -0.3 is 9.47 Å². The van der Waals surface area contributed by atoms with Crippen molar-refractivity contribution in [1.82, 2.24) is 9.38 Å². The Bertz CT molecular complexity index is 1570. The Morgan fingerprint density at radius 3 is 2.29 bits per heavy atom. The van der Waals surface area contributed by atoms with E-state index in [1.54, 1.807) is 14.2 Å². The summed E-state index contributed by atoms with van der Waals surface area (Å²) in [7, 11) is 3.24. The molecule has 5 aromatic rings. The van der Waals surface area contributed by atoms with Crippen LogP contribution < -0.4 is 9.47 Å². The van der Waals surface area contributed by atoms with Crippen LogP contribution in [0, 0.1) is 11.3 Å². The third-order valence-corrected chi connectivity index (χ3v) is 6.22. The van der Waals surface area contributed by atoms with Crippen LogP contribution in [0.2, 0.25) is 0 Å². The fourth-order valence-corrected chi connectivity index (χ4v) is 4.31. The molecule has 0 aliphatic carbocycles. The van der Waals surface area contributed by atoms with Crippen molar-refractivity contribution in [3.8, 4) is 28.8 Å². The molecule has 0 radical (unpaired) electrons. The second-order valence-electron chi connectivity index (χ2n) is 7.72. The number of para-hydroxylation sites is 2. The smallest absolute Gasteiger partial charge is 0.157 e. The molecule has 5 rings (SSSR count). The molecule has 2 heterocycles. The highest BCUT2D eigenvalue weighted by molar-refractivity contribution is 9.10. The first-order chi connectivity index (χ1) is 16.6. The maximum Gasteiger partial charge on any atom is 0.157 e. The summed E-state index contributed by atoms with van der Waals surface area (Å²) in [6.45, 7) is 0. The molecule has 166 valence electrons. The SMILES string of the molecule is COc1cc(/C=C/c2cc(-c3ccc(Br)cc3)n3c(nc4ccccc43)c2C#N)cc(OC)c1. The Morgan fingerprint density at radius 1 is 0.912 bits per heavy atom. The van der Waals surface area contributed by atoms with Crippen molar-refractivity contribution in [3.05, 3.63) is 94.0 Å². The maximum atomic E-state index is 10.1. The molecule has 0 bridgehead atoms. The van der Waals surface area contributed by atoms with E-state index in [-0.39, 0.29) is 0 Å². The van der Waals surface area contributed by atoms with Gasteiger partial charge >= 0.3 is 0 Å². The summed E-state index contributed by atoms with van der Waals surface area (Å²) < 4.78 is 13.8. The number of benzene rings is 3. The number of methoxy groups -OCH3 is 2. The van der Waals surface area contributed by atoms with Gasteiger partial charge in [0.25, 0.3) is 0 Å². The number of nitrogens with zero attached hydrogens (tertiary/aromatic N) is 3. The summed E-state index contributed by atoms with van der Waals surface area (Å²) >= 11 is 3.52. The van der Waals surface area contributed by atoms with Gasteiger partial charge in [0.15, 0.2) is 5.65 Å². The zero-order valence-electron chi connectivity index (χ0n) is 18.6. The summed E-state index contributed by atoms with van der Waals surface area (Å²) in [4.78, 5) is 4.82. The van der Waals surface area contributed by atoms with Crippen LogP contribution in [0.3, 0.4) is 0 Å². The summed E-state index contributed by atoms with van der Waals surface area (Å²) in [5.74, 6) is 1.40. The fraction of sp³-hybridized carbons (Fsp3) is 0.0714. The van der Waals surface area contributed by atoms with Crippen molar-refractivity contribution >= 4 is 44.8 Å². The minimum absolute atomic E-state index is 0.517. The van der Waals surface area contributed by atoms with E-state index in [9.17, 15) is 5.26 Å². The molecule has 0 amide bonds. The van der Waals surface area contributed by atoms with Crippen LogP contribution in [0.25, 0.3) is 40.1 Å². The van der Waals surface area contributed by atoms with Crippen LogP contribution in [-0.4, -0.2) is 23.6 Å². The van der Waals surface area contributed by atoms with Gasteiger partial charge in [-0.05, 0) is 59.2 Å². The first kappa shape index (κ1) is 21.7. The number of aromatic nitrogens is 2. The minimum Gasteiger partial charge on any atom is -0.497 e. The number of halogens is 1. The lowest BCUT2D eigenvalue weighted by atomic mass is 10.0. The second-order valence-corrected chi connectivity index (χ2v) is 8.63. The highest BCUT2D eigenvalue weighted by Crippen LogP contribution is 2.32. The van der Waals surface area contributed by atoms with Gasteiger partial charge in [-0.3, -0.25) is 4.40 Å². The van der Waals surface area contributed by atoms with E-state index < -0.39 is 0 Å². The van der Waals surface area contributed by atoms with Crippen molar-refractivity contribution in [2.24, 2.45) is 0 Å². The third-order valence-electron chi connectivity index (χ3n) is 5.69. The molecule has 0 N–H and O–H groups in total. The van der Waals surface area contributed by atoms with Gasteiger partial charge in [0.05, 0.1) is 30.9 Å². The maximum absolute atomic E-state index is 10.1. The Kier molecular flexibility index (Phi) is 5.79. The van der Waals surface area contributed by atoms with Crippen molar-refractivity contribution in [2.45, 2.75) is 0 Å². The van der Waals surface area contributed by atoms with Crippen molar-refractivity contribution in [3.63, 3.8) is 0 Å². The number of hydrogen-bond donors (Lipinski definition) is 0. The molecule has 0 aliphatic heterocycles. The monoisotopic (exact) mass is 509 g/mol. The molecule has 0 saturated carbocycles. The van der Waals surface area contributed by atoms with Gasteiger partial charge in [0, 0.05) is 10.5 Å². The highest BCUT2D eigenvalue weighted by atomic mass is 79.9. The number of fused-ring (bicyclic) bond motifs is 3. The van der Waals surface area contributed by atoms with E-state index in [4.69, 9.17) is 14.5 Å². The molecule has 0 aliphatic rings. The molecule has 0 fully saturated rings. The van der Waals surface area contributed by atoms with E-state index in [1.165, 1.54) is 0 Å². The summed E-state index contributed by atoms with van der Waals surface area (Å²) in [5.41, 5.74) is 6.62. The summed E-state index contributed by atoms with van der Waals surface area (Å²) in [6, 6.07) is 26.1. The van der Waals surface area contributed by atoms with E-state index in [1.807, 2.05) is 72.8 Å². The lowest BCUT2D eigenvalue weighted by Gasteiger charge is -2.11. The van der Waals surface area contributed by atoms with E-state index >= 15 is 0 Å². The number of pyridine rings is 1. The Morgan fingerprint density at radius 2 is 1.62 bits per heavy atom. The van der Waals surface area contributed by atoms with Gasteiger partial charge in [-0.15, -0.1) is 0 Å². The van der Waals surface area contributed by atoms with Gasteiger partial charge in [-0.2, -0.15) is 5.26 Å². The van der Waals surface area contributed by atoms with E-state index in [2.05, 4.69) is 38.5 Å². The van der Waals surface area contributed by atoms with Gasteiger partial charge in [0.1, 0.15) is 23.1 Å². The fourth-order valence-electron chi connectivity index (χ4n) is 4.04. The molecule has 0 saturated heterocycles. The van der Waals surface area contributed by atoms with Crippen LogP contribution in [0.4, 0.5) is 0 Å². The molecular weight excluding hydrogens is 490 g/mol. The predicted octanol–water partition coefficient (Wildman–Crippen LogP) is 6.98. The molecule has 3 aromatic carbocycles. The quantitative estimate of drug-likeness (QED) is 0.256.